The Morgan fingerprint density at radius 3 is 2.85 bits per heavy atom. The molecule has 13 heavy (non-hydrogen) atoms. The van der Waals surface area contributed by atoms with E-state index in [4.69, 9.17) is 4.74 Å². The minimum atomic E-state index is -0.367. The van der Waals surface area contributed by atoms with Gasteiger partial charge in [0.15, 0.2) is 0 Å². The van der Waals surface area contributed by atoms with Crippen LogP contribution in [0.2, 0.25) is 0 Å². The first kappa shape index (κ1) is 8.44. The van der Waals surface area contributed by atoms with Crippen molar-refractivity contribution in [2.45, 2.75) is 12.5 Å². The summed E-state index contributed by atoms with van der Waals surface area (Å²) in [5.74, 6) is 0.123. The average Bonchev–Trinajstić information content (AvgIpc) is 2.01. The van der Waals surface area contributed by atoms with E-state index in [-0.39, 0.29) is 11.4 Å². The van der Waals surface area contributed by atoms with Crippen LogP contribution in [0.3, 0.4) is 0 Å². The molecule has 2 heterocycles. The van der Waals surface area contributed by atoms with Gasteiger partial charge >= 0.3 is 0 Å². The largest absolute Gasteiger partial charge is 0.483 e. The van der Waals surface area contributed by atoms with Gasteiger partial charge in [0.2, 0.25) is 0 Å². The summed E-state index contributed by atoms with van der Waals surface area (Å²) >= 11 is 0. The van der Waals surface area contributed by atoms with Gasteiger partial charge in [0.1, 0.15) is 17.2 Å². The predicted octanol–water partition coefficient (Wildman–Crippen LogP) is 0.961. The minimum absolute atomic E-state index is 0.199. The van der Waals surface area contributed by atoms with Crippen molar-refractivity contribution in [3.8, 4) is 5.75 Å². The van der Waals surface area contributed by atoms with Crippen LogP contribution < -0.4 is 10.1 Å². The number of nitrogens with zero attached hydrogens (tertiary/aromatic N) is 1. The second-order valence-electron chi connectivity index (χ2n) is 3.49. The second kappa shape index (κ2) is 2.96. The summed E-state index contributed by atoms with van der Waals surface area (Å²) in [7, 11) is 0. The third kappa shape index (κ3) is 1.78. The molecule has 0 aliphatic carbocycles. The number of pyridine rings is 1. The Balaban J connectivity index is 2.09. The van der Waals surface area contributed by atoms with Gasteiger partial charge in [-0.3, -0.25) is 4.98 Å². The maximum absolute atomic E-state index is 12.7. The van der Waals surface area contributed by atoms with E-state index in [0.717, 1.165) is 19.3 Å². The van der Waals surface area contributed by atoms with Crippen LogP contribution in [-0.4, -0.2) is 23.7 Å². The molecule has 1 saturated heterocycles. The topological polar surface area (TPSA) is 34.1 Å². The van der Waals surface area contributed by atoms with Gasteiger partial charge in [-0.05, 0) is 6.92 Å². The predicted molar refractivity (Wildman–Crippen MR) is 46.1 cm³/mol. The summed E-state index contributed by atoms with van der Waals surface area (Å²) in [5, 5.41) is 3.10. The number of hydrogen-bond donors (Lipinski definition) is 1. The molecule has 70 valence electrons. The van der Waals surface area contributed by atoms with Crippen molar-refractivity contribution in [3.05, 3.63) is 24.3 Å². The lowest BCUT2D eigenvalue weighted by Gasteiger charge is -2.39. The lowest BCUT2D eigenvalue weighted by atomic mass is 10.0. The molecule has 2 rings (SSSR count). The molecule has 1 aliphatic heterocycles. The summed E-state index contributed by atoms with van der Waals surface area (Å²) in [6.45, 7) is 3.57. The Hall–Kier alpha value is -1.16. The molecule has 1 N–H and O–H groups in total. The molecular formula is C9H11FN2O. The number of halogens is 1. The van der Waals surface area contributed by atoms with Gasteiger partial charge in [-0.1, -0.05) is 0 Å². The van der Waals surface area contributed by atoms with E-state index in [1.54, 1.807) is 0 Å². The first-order valence-electron chi connectivity index (χ1n) is 4.18. The Kier molecular flexibility index (Phi) is 1.92. The van der Waals surface area contributed by atoms with Crippen molar-refractivity contribution in [2.75, 3.05) is 13.1 Å². The summed E-state index contributed by atoms with van der Waals surface area (Å²) in [4.78, 5) is 3.71. The first-order chi connectivity index (χ1) is 6.18. The van der Waals surface area contributed by atoms with Crippen molar-refractivity contribution >= 4 is 0 Å². The van der Waals surface area contributed by atoms with Gasteiger partial charge in [0, 0.05) is 19.2 Å². The molecule has 1 aliphatic rings. The molecule has 0 amide bonds. The number of ether oxygens (including phenoxy) is 1. The second-order valence-corrected chi connectivity index (χ2v) is 3.49. The van der Waals surface area contributed by atoms with Crippen molar-refractivity contribution in [1.82, 2.24) is 10.3 Å². The van der Waals surface area contributed by atoms with Crippen LogP contribution in [0.1, 0.15) is 6.92 Å². The normalized spacial score (nSPS) is 19.2. The molecule has 0 saturated carbocycles. The highest BCUT2D eigenvalue weighted by molar-refractivity contribution is 5.19. The van der Waals surface area contributed by atoms with Crippen LogP contribution in [0.25, 0.3) is 0 Å². The Labute approximate surface area is 75.9 Å². The maximum atomic E-state index is 12.7. The monoisotopic (exact) mass is 182 g/mol. The lowest BCUT2D eigenvalue weighted by molar-refractivity contribution is 0.0342. The third-order valence-electron chi connectivity index (χ3n) is 2.04. The summed E-state index contributed by atoms with van der Waals surface area (Å²) in [6, 6.07) is 1.34. The molecule has 0 aromatic carbocycles. The fourth-order valence-electron chi connectivity index (χ4n) is 1.28. The fourth-order valence-corrected chi connectivity index (χ4v) is 1.28. The standard InChI is InChI=1S/C9H11FN2O/c1-9(5-12-6-9)13-8-2-7(10)3-11-4-8/h2-4,12H,5-6H2,1H3. The highest BCUT2D eigenvalue weighted by Gasteiger charge is 2.33. The zero-order valence-corrected chi connectivity index (χ0v) is 7.38. The lowest BCUT2D eigenvalue weighted by Crippen LogP contribution is -2.61. The molecule has 1 fully saturated rings. The molecular weight excluding hydrogens is 171 g/mol. The van der Waals surface area contributed by atoms with E-state index in [2.05, 4.69) is 10.3 Å². The van der Waals surface area contributed by atoms with Crippen molar-refractivity contribution < 1.29 is 9.13 Å². The van der Waals surface area contributed by atoms with Crippen LogP contribution in [0, 0.1) is 5.82 Å². The fraction of sp³-hybridized carbons (Fsp3) is 0.444. The Morgan fingerprint density at radius 1 is 1.54 bits per heavy atom. The van der Waals surface area contributed by atoms with E-state index in [0.29, 0.717) is 5.75 Å². The van der Waals surface area contributed by atoms with Gasteiger partial charge in [0.25, 0.3) is 0 Å². The van der Waals surface area contributed by atoms with Gasteiger partial charge < -0.3 is 10.1 Å². The summed E-state index contributed by atoms with van der Waals surface area (Å²) in [6.07, 6.45) is 2.68. The van der Waals surface area contributed by atoms with Gasteiger partial charge in [-0.2, -0.15) is 0 Å². The SMILES string of the molecule is CC1(Oc2cncc(F)c2)CNC1. The molecule has 1 aromatic heterocycles. The van der Waals surface area contributed by atoms with Crippen molar-refractivity contribution in [1.29, 1.82) is 0 Å². The molecule has 0 spiro atoms. The molecule has 0 atom stereocenters. The van der Waals surface area contributed by atoms with E-state index in [1.165, 1.54) is 12.3 Å². The summed E-state index contributed by atoms with van der Waals surface area (Å²) < 4.78 is 18.3. The smallest absolute Gasteiger partial charge is 0.145 e. The minimum Gasteiger partial charge on any atom is -0.483 e. The van der Waals surface area contributed by atoms with E-state index in [9.17, 15) is 4.39 Å². The van der Waals surface area contributed by atoms with Crippen LogP contribution in [-0.2, 0) is 0 Å². The van der Waals surface area contributed by atoms with Crippen LogP contribution in [0.5, 0.6) is 5.75 Å². The Bertz CT molecular complexity index is 312. The average molecular weight is 182 g/mol. The molecule has 0 bridgehead atoms. The molecule has 0 unspecified atom stereocenters. The molecule has 0 radical (unpaired) electrons. The zero-order valence-electron chi connectivity index (χ0n) is 7.38. The molecule has 1 aromatic rings. The van der Waals surface area contributed by atoms with Crippen molar-refractivity contribution in [3.63, 3.8) is 0 Å². The third-order valence-corrected chi connectivity index (χ3v) is 2.04. The molecule has 3 nitrogen and oxygen atoms in total. The number of aromatic nitrogens is 1. The highest BCUT2D eigenvalue weighted by atomic mass is 19.1. The van der Waals surface area contributed by atoms with Crippen molar-refractivity contribution in [2.24, 2.45) is 0 Å². The van der Waals surface area contributed by atoms with Gasteiger partial charge in [-0.25, -0.2) is 4.39 Å². The van der Waals surface area contributed by atoms with Gasteiger partial charge in [-0.15, -0.1) is 0 Å². The number of nitrogens with one attached hydrogen (secondary N) is 1. The maximum Gasteiger partial charge on any atom is 0.145 e. The number of rotatable bonds is 2. The van der Waals surface area contributed by atoms with Crippen LogP contribution >= 0.6 is 0 Å². The van der Waals surface area contributed by atoms with Crippen LogP contribution in [0.4, 0.5) is 4.39 Å². The number of hydrogen-bond acceptors (Lipinski definition) is 3. The van der Waals surface area contributed by atoms with E-state index >= 15 is 0 Å². The van der Waals surface area contributed by atoms with Gasteiger partial charge in [0.05, 0.1) is 12.4 Å². The van der Waals surface area contributed by atoms with E-state index < -0.39 is 0 Å². The first-order valence-corrected chi connectivity index (χ1v) is 4.18. The zero-order chi connectivity index (χ0) is 9.31. The quantitative estimate of drug-likeness (QED) is 0.739. The van der Waals surface area contributed by atoms with Crippen LogP contribution in [0.15, 0.2) is 18.5 Å². The Morgan fingerprint density at radius 2 is 2.31 bits per heavy atom. The van der Waals surface area contributed by atoms with E-state index in [1.807, 2.05) is 6.92 Å². The molecule has 4 heteroatoms. The summed E-state index contributed by atoms with van der Waals surface area (Å²) in [5.41, 5.74) is -0.199. The highest BCUT2D eigenvalue weighted by Crippen LogP contribution is 2.20.